The quantitative estimate of drug-likeness (QED) is 0.238. The van der Waals surface area contributed by atoms with Crippen LogP contribution >= 0.6 is 0 Å². The van der Waals surface area contributed by atoms with Crippen LogP contribution < -0.4 is 20.5 Å². The van der Waals surface area contributed by atoms with Crippen LogP contribution in [-0.2, 0) is 32.7 Å². The molecule has 2 amide bonds. The van der Waals surface area contributed by atoms with Crippen molar-refractivity contribution in [2.75, 3.05) is 34.8 Å². The Hall–Kier alpha value is -4.42. The van der Waals surface area contributed by atoms with Gasteiger partial charge in [-0.2, -0.15) is 0 Å². The third kappa shape index (κ3) is 6.38. The number of rotatable bonds is 10. The highest BCUT2D eigenvalue weighted by atomic mass is 32.2. The number of amides is 2. The molecule has 5 rings (SSSR count). The smallest absolute Gasteiger partial charge is 0.261 e. The number of nitrogens with one attached hydrogen (secondary N) is 2. The van der Waals surface area contributed by atoms with Crippen LogP contribution in [-0.4, -0.2) is 49.5 Å². The second-order valence-electron chi connectivity index (χ2n) is 12.1. The lowest BCUT2D eigenvalue weighted by atomic mass is 9.91. The Balaban J connectivity index is 1.55. The highest BCUT2D eigenvalue weighted by molar-refractivity contribution is 7.92. The zero-order valence-corrected chi connectivity index (χ0v) is 27.2. The summed E-state index contributed by atoms with van der Waals surface area (Å²) in [5.41, 5.74) is 3.32. The molecule has 0 fully saturated rings. The number of aryl methyl sites for hydroxylation is 1. The molecule has 3 heterocycles. The topological polar surface area (TPSA) is 134 Å². The Morgan fingerprint density at radius 3 is 2.53 bits per heavy atom. The van der Waals surface area contributed by atoms with E-state index in [2.05, 4.69) is 21.9 Å². The van der Waals surface area contributed by atoms with Gasteiger partial charge in [0.05, 0.1) is 35.0 Å². The summed E-state index contributed by atoms with van der Waals surface area (Å²) in [6.45, 7) is 8.35. The number of nitrogens with zero attached hydrogens (tertiary/aromatic N) is 3. The van der Waals surface area contributed by atoms with E-state index >= 15 is 0 Å². The maximum absolute atomic E-state index is 13.3. The predicted molar refractivity (Wildman–Crippen MR) is 176 cm³/mol. The summed E-state index contributed by atoms with van der Waals surface area (Å²) in [6.07, 6.45) is 5.09. The van der Waals surface area contributed by atoms with Gasteiger partial charge in [-0.05, 0) is 62.6 Å². The van der Waals surface area contributed by atoms with Crippen LogP contribution in [0, 0.1) is 12.3 Å². The molecule has 0 radical (unpaired) electrons. The van der Waals surface area contributed by atoms with Gasteiger partial charge in [0.1, 0.15) is 11.0 Å². The molecule has 11 nitrogen and oxygen atoms in total. The van der Waals surface area contributed by atoms with E-state index in [0.29, 0.717) is 54.1 Å². The van der Waals surface area contributed by atoms with Crippen molar-refractivity contribution < 1.29 is 22.4 Å². The minimum Gasteiger partial charge on any atom is -0.464 e. The lowest BCUT2D eigenvalue weighted by Gasteiger charge is -2.33. The third-order valence-corrected chi connectivity index (χ3v) is 9.02. The number of pyridine rings is 1. The molecule has 1 unspecified atom stereocenters. The molecule has 1 atom stereocenters. The van der Waals surface area contributed by atoms with Crippen molar-refractivity contribution in [3.63, 3.8) is 0 Å². The number of carbonyl (C=O) groups is 2. The molecule has 4 aromatic rings. The van der Waals surface area contributed by atoms with Crippen LogP contribution in [0.2, 0.25) is 0 Å². The molecular formula is C33H39N5O6S. The zero-order valence-electron chi connectivity index (χ0n) is 26.4. The van der Waals surface area contributed by atoms with Crippen molar-refractivity contribution in [3.8, 4) is 0 Å². The third-order valence-electron chi connectivity index (χ3n) is 8.43. The molecule has 45 heavy (non-hydrogen) atoms. The Bertz CT molecular complexity index is 1940. The van der Waals surface area contributed by atoms with Crippen LogP contribution in [0.5, 0.6) is 0 Å². The second-order valence-corrected chi connectivity index (χ2v) is 13.9. The monoisotopic (exact) mass is 633 g/mol. The molecule has 12 heteroatoms. The molecular weight excluding hydrogens is 594 g/mol. The fourth-order valence-electron chi connectivity index (χ4n) is 5.96. The van der Waals surface area contributed by atoms with E-state index in [1.807, 2.05) is 37.3 Å². The molecule has 2 N–H and O–H groups in total. The van der Waals surface area contributed by atoms with E-state index in [-0.39, 0.29) is 23.4 Å². The van der Waals surface area contributed by atoms with Crippen molar-refractivity contribution in [3.05, 3.63) is 88.0 Å². The van der Waals surface area contributed by atoms with E-state index in [1.54, 1.807) is 49.9 Å². The average Bonchev–Trinajstić information content (AvgIpc) is 3.47. The largest absolute Gasteiger partial charge is 0.464 e. The summed E-state index contributed by atoms with van der Waals surface area (Å²) in [5, 5.41) is 3.41. The lowest BCUT2D eigenvalue weighted by Crippen LogP contribution is -2.43. The predicted octanol–water partition coefficient (Wildman–Crippen LogP) is 4.87. The normalized spacial score (nSPS) is 15.6. The summed E-state index contributed by atoms with van der Waals surface area (Å²) >= 11 is 0. The van der Waals surface area contributed by atoms with Gasteiger partial charge in [-0.1, -0.05) is 31.2 Å². The molecule has 1 aliphatic heterocycles. The maximum atomic E-state index is 13.3. The summed E-state index contributed by atoms with van der Waals surface area (Å²) in [4.78, 5) is 43.2. The summed E-state index contributed by atoms with van der Waals surface area (Å²) in [6, 6.07) is 14.4. The standard InChI is InChI=1S/C33H39N5O6S/c1-7-27(22-12-13-26-28(18-22)36(5)32(41)33(3,4)31(40)34-26)37(20-23-10-8-9-11-25(23)35-45(6,42)43)15-16-38-19-21(2)29-24(30(38)39)14-17-44-29/h8-14,17-19,27,35H,7,15-16,20H2,1-6H3,(H,34,40). The molecule has 0 bridgehead atoms. The number of sulfonamides is 1. The lowest BCUT2D eigenvalue weighted by molar-refractivity contribution is -0.136. The first-order valence-electron chi connectivity index (χ1n) is 14.8. The highest BCUT2D eigenvalue weighted by Crippen LogP contribution is 2.38. The average molecular weight is 634 g/mol. The molecule has 1 aliphatic rings. The number of benzene rings is 2. The fourth-order valence-corrected chi connectivity index (χ4v) is 6.56. The summed E-state index contributed by atoms with van der Waals surface area (Å²) in [7, 11) is -1.86. The SMILES string of the molecule is CCC(c1ccc2c(c1)N(C)C(=O)C(C)(C)C(=O)N2)N(CCn1cc(C)c2occc2c1=O)Cc1ccccc1NS(C)(=O)=O. The number of para-hydroxylation sites is 1. The van der Waals surface area contributed by atoms with Gasteiger partial charge in [-0.25, -0.2) is 8.42 Å². The molecule has 238 valence electrons. The van der Waals surface area contributed by atoms with Gasteiger partial charge in [0.2, 0.25) is 21.8 Å². The number of hydrogen-bond acceptors (Lipinski definition) is 7. The van der Waals surface area contributed by atoms with Crippen LogP contribution in [0.3, 0.4) is 0 Å². The molecule has 0 saturated heterocycles. The molecule has 0 aliphatic carbocycles. The summed E-state index contributed by atoms with van der Waals surface area (Å²) in [5.74, 6) is -0.684. The molecule has 0 saturated carbocycles. The molecule has 0 spiro atoms. The Kier molecular flexibility index (Phi) is 8.65. The van der Waals surface area contributed by atoms with Crippen LogP contribution in [0.1, 0.15) is 49.9 Å². The minimum absolute atomic E-state index is 0.153. The van der Waals surface area contributed by atoms with E-state index in [0.717, 1.165) is 22.9 Å². The van der Waals surface area contributed by atoms with E-state index < -0.39 is 15.4 Å². The first-order valence-corrected chi connectivity index (χ1v) is 16.7. The van der Waals surface area contributed by atoms with Gasteiger partial charge in [0.25, 0.3) is 5.56 Å². The number of carbonyl (C=O) groups excluding carboxylic acids is 2. The van der Waals surface area contributed by atoms with Crippen molar-refractivity contribution in [1.29, 1.82) is 0 Å². The van der Waals surface area contributed by atoms with Crippen molar-refractivity contribution in [2.24, 2.45) is 5.41 Å². The van der Waals surface area contributed by atoms with Crippen molar-refractivity contribution in [1.82, 2.24) is 9.47 Å². The van der Waals surface area contributed by atoms with Crippen LogP contribution in [0.15, 0.2) is 70.2 Å². The van der Waals surface area contributed by atoms with E-state index in [4.69, 9.17) is 4.42 Å². The van der Waals surface area contributed by atoms with Crippen molar-refractivity contribution >= 4 is 49.9 Å². The molecule has 2 aromatic heterocycles. The van der Waals surface area contributed by atoms with Gasteiger partial charge in [0.15, 0.2) is 0 Å². The Morgan fingerprint density at radius 2 is 1.82 bits per heavy atom. The van der Waals surface area contributed by atoms with E-state index in [9.17, 15) is 22.8 Å². The van der Waals surface area contributed by atoms with Gasteiger partial charge in [-0.15, -0.1) is 0 Å². The number of furan rings is 1. The first kappa shape index (κ1) is 32.0. The second kappa shape index (κ2) is 12.2. The highest BCUT2D eigenvalue weighted by Gasteiger charge is 2.42. The number of anilines is 3. The van der Waals surface area contributed by atoms with Gasteiger partial charge in [-0.3, -0.25) is 24.0 Å². The minimum atomic E-state index is -3.53. The molecule has 2 aromatic carbocycles. The van der Waals surface area contributed by atoms with Crippen LogP contribution in [0.25, 0.3) is 11.0 Å². The zero-order chi connectivity index (χ0) is 32.7. The first-order chi connectivity index (χ1) is 21.2. The maximum Gasteiger partial charge on any atom is 0.261 e. The number of hydrogen-bond donors (Lipinski definition) is 2. The van der Waals surface area contributed by atoms with Gasteiger partial charge in [0, 0.05) is 44.5 Å². The fraction of sp³-hybridized carbons (Fsp3) is 0.364. The number of fused-ring (bicyclic) bond motifs is 2. The van der Waals surface area contributed by atoms with E-state index in [1.165, 1.54) is 11.2 Å². The Labute approximate surface area is 262 Å². The van der Waals surface area contributed by atoms with Gasteiger partial charge < -0.3 is 19.2 Å². The summed E-state index contributed by atoms with van der Waals surface area (Å²) < 4.78 is 34.2. The van der Waals surface area contributed by atoms with Crippen molar-refractivity contribution in [2.45, 2.75) is 53.2 Å². The number of aromatic nitrogens is 1. The Morgan fingerprint density at radius 1 is 1.09 bits per heavy atom. The van der Waals surface area contributed by atoms with Gasteiger partial charge >= 0.3 is 0 Å². The van der Waals surface area contributed by atoms with Crippen LogP contribution in [0.4, 0.5) is 17.1 Å².